The van der Waals surface area contributed by atoms with E-state index in [9.17, 15) is 19.2 Å². The number of urea groups is 1. The summed E-state index contributed by atoms with van der Waals surface area (Å²) in [7, 11) is 1.68. The molecule has 1 saturated carbocycles. The largest absolute Gasteiger partial charge is 0.324 e. The lowest BCUT2D eigenvalue weighted by atomic mass is 9.92. The van der Waals surface area contributed by atoms with Crippen LogP contribution in [0.3, 0.4) is 0 Å². The summed E-state index contributed by atoms with van der Waals surface area (Å²) in [6.45, 7) is 0.613. The van der Waals surface area contributed by atoms with Gasteiger partial charge in [-0.2, -0.15) is 0 Å². The summed E-state index contributed by atoms with van der Waals surface area (Å²) in [5.74, 6) is -0.462. The van der Waals surface area contributed by atoms with E-state index in [1.54, 1.807) is 48.3 Å². The lowest BCUT2D eigenvalue weighted by Crippen LogP contribution is -2.44. The first-order valence-corrected chi connectivity index (χ1v) is 10.4. The highest BCUT2D eigenvalue weighted by molar-refractivity contribution is 6.30. The number of hydrogen-bond acceptors (Lipinski definition) is 4. The maximum absolute atomic E-state index is 12.9. The number of benzene rings is 2. The predicted octanol–water partition coefficient (Wildman–Crippen LogP) is 3.65. The molecule has 0 saturated heterocycles. The van der Waals surface area contributed by atoms with Crippen molar-refractivity contribution >= 4 is 40.8 Å². The minimum atomic E-state index is -0.559. The van der Waals surface area contributed by atoms with Gasteiger partial charge in [-0.3, -0.25) is 14.4 Å². The predicted molar refractivity (Wildman–Crippen MR) is 116 cm³/mol. The van der Waals surface area contributed by atoms with Crippen LogP contribution in [0, 0.1) is 0 Å². The molecule has 0 spiro atoms. The van der Waals surface area contributed by atoms with Crippen molar-refractivity contribution in [3.63, 3.8) is 0 Å². The van der Waals surface area contributed by atoms with Crippen LogP contribution in [-0.4, -0.2) is 46.4 Å². The van der Waals surface area contributed by atoms with Gasteiger partial charge in [-0.15, -0.1) is 0 Å². The molecule has 0 radical (unpaired) electrons. The number of nitrogens with zero attached hydrogens (tertiary/aromatic N) is 2. The van der Waals surface area contributed by atoms with Crippen molar-refractivity contribution in [1.82, 2.24) is 9.80 Å². The molecule has 7 nitrogen and oxygen atoms in total. The average Bonchev–Trinajstić information content (AvgIpc) is 3.07. The molecule has 0 bridgehead atoms. The Morgan fingerprint density at radius 2 is 1.90 bits per heavy atom. The maximum Gasteiger partial charge on any atom is 0.321 e. The number of nitrogens with one attached hydrogen (secondary N) is 1. The molecule has 1 heterocycles. The van der Waals surface area contributed by atoms with E-state index in [1.165, 1.54) is 4.90 Å². The molecule has 1 N–H and O–H groups in total. The second kappa shape index (κ2) is 8.51. The summed E-state index contributed by atoms with van der Waals surface area (Å²) in [6, 6.07) is 11.4. The van der Waals surface area contributed by atoms with Crippen molar-refractivity contribution in [3.8, 4) is 0 Å². The Kier molecular flexibility index (Phi) is 5.78. The number of rotatable bonds is 4. The summed E-state index contributed by atoms with van der Waals surface area (Å²) >= 11 is 5.88. The van der Waals surface area contributed by atoms with Crippen LogP contribution < -0.4 is 5.32 Å². The second-order valence-electron chi connectivity index (χ2n) is 7.91. The van der Waals surface area contributed by atoms with Crippen LogP contribution in [0.5, 0.6) is 0 Å². The fraction of sp³-hybridized carbons (Fsp3) is 0.304. The number of carbonyl (C=O) groups is 4. The first-order chi connectivity index (χ1) is 14.8. The number of Topliss-reactive ketones (excluding diaryl/α,β-unsaturated/α-hetero) is 2. The van der Waals surface area contributed by atoms with Crippen molar-refractivity contribution in [3.05, 3.63) is 64.2 Å². The third-order valence-corrected chi connectivity index (χ3v) is 6.01. The molecule has 1 aliphatic heterocycles. The molecule has 8 heteroatoms. The fourth-order valence-electron chi connectivity index (χ4n) is 4.09. The number of amides is 3. The van der Waals surface area contributed by atoms with Gasteiger partial charge < -0.3 is 15.1 Å². The zero-order chi connectivity index (χ0) is 22.1. The molecular formula is C23H22ClN3O4. The molecule has 0 aromatic heterocycles. The second-order valence-corrected chi connectivity index (χ2v) is 8.34. The van der Waals surface area contributed by atoms with E-state index in [0.29, 0.717) is 42.2 Å². The molecule has 2 aromatic carbocycles. The van der Waals surface area contributed by atoms with Gasteiger partial charge in [0.25, 0.3) is 5.91 Å². The normalized spacial score (nSPS) is 18.2. The number of hydrogen-bond donors (Lipinski definition) is 1. The minimum absolute atomic E-state index is 0.0700. The van der Waals surface area contributed by atoms with Crippen molar-refractivity contribution < 1.29 is 19.2 Å². The van der Waals surface area contributed by atoms with Gasteiger partial charge in [-0.1, -0.05) is 23.7 Å². The molecule has 2 aromatic rings. The molecule has 3 amide bonds. The van der Waals surface area contributed by atoms with Crippen molar-refractivity contribution in [2.45, 2.75) is 38.4 Å². The molecule has 31 heavy (non-hydrogen) atoms. The number of carbonyl (C=O) groups excluding carboxylic acids is 4. The van der Waals surface area contributed by atoms with Crippen LogP contribution in [0.15, 0.2) is 42.5 Å². The fourth-order valence-corrected chi connectivity index (χ4v) is 4.21. The highest BCUT2D eigenvalue weighted by Gasteiger charge is 2.39. The minimum Gasteiger partial charge on any atom is -0.324 e. The molecule has 1 fully saturated rings. The first kappa shape index (κ1) is 21.1. The van der Waals surface area contributed by atoms with E-state index in [2.05, 4.69) is 5.32 Å². The maximum atomic E-state index is 12.9. The van der Waals surface area contributed by atoms with Gasteiger partial charge in [-0.05, 0) is 47.9 Å². The highest BCUT2D eigenvalue weighted by Crippen LogP contribution is 2.31. The molecular weight excluding hydrogens is 418 g/mol. The van der Waals surface area contributed by atoms with Gasteiger partial charge in [0.05, 0.1) is 12.5 Å². The van der Waals surface area contributed by atoms with Gasteiger partial charge in [0.1, 0.15) is 5.78 Å². The van der Waals surface area contributed by atoms with Gasteiger partial charge in [0, 0.05) is 42.8 Å². The Morgan fingerprint density at radius 3 is 2.61 bits per heavy atom. The quantitative estimate of drug-likeness (QED) is 0.736. The van der Waals surface area contributed by atoms with E-state index in [0.717, 1.165) is 11.1 Å². The van der Waals surface area contributed by atoms with Gasteiger partial charge in [0.2, 0.25) is 0 Å². The van der Waals surface area contributed by atoms with E-state index < -0.39 is 6.04 Å². The SMILES string of the molecule is CN(Cc1cccc2c1CN(C1CCC(=O)CC1=O)C2=O)C(=O)Nc1ccc(Cl)cc1. The van der Waals surface area contributed by atoms with Gasteiger partial charge in [0.15, 0.2) is 5.78 Å². The lowest BCUT2D eigenvalue weighted by molar-refractivity contribution is -0.133. The summed E-state index contributed by atoms with van der Waals surface area (Å²) in [4.78, 5) is 52.5. The lowest BCUT2D eigenvalue weighted by Gasteiger charge is -2.29. The Labute approximate surface area is 185 Å². The topological polar surface area (TPSA) is 86.8 Å². The molecule has 1 aliphatic carbocycles. The van der Waals surface area contributed by atoms with Crippen LogP contribution in [0.2, 0.25) is 5.02 Å². The van der Waals surface area contributed by atoms with E-state index in [4.69, 9.17) is 11.6 Å². The molecule has 1 atom stereocenters. The van der Waals surface area contributed by atoms with Crippen molar-refractivity contribution in [1.29, 1.82) is 0 Å². The first-order valence-electron chi connectivity index (χ1n) is 10.1. The smallest absolute Gasteiger partial charge is 0.321 e. The Hall–Kier alpha value is -3.19. The van der Waals surface area contributed by atoms with Gasteiger partial charge >= 0.3 is 6.03 Å². The standard InChI is InChI=1S/C23H22ClN3O4/c1-26(23(31)25-16-7-5-15(24)6-8-16)12-14-3-2-4-18-19(14)13-27(22(18)30)20-10-9-17(28)11-21(20)29/h2-8,20H,9-13H2,1H3,(H,25,31). The van der Waals surface area contributed by atoms with Crippen molar-refractivity contribution in [2.24, 2.45) is 0 Å². The molecule has 1 unspecified atom stereocenters. The number of fused-ring (bicyclic) bond motifs is 1. The molecule has 2 aliphatic rings. The average molecular weight is 440 g/mol. The van der Waals surface area contributed by atoms with E-state index >= 15 is 0 Å². The summed E-state index contributed by atoms with van der Waals surface area (Å²) in [6.07, 6.45) is 0.582. The van der Waals surface area contributed by atoms with Crippen LogP contribution in [0.4, 0.5) is 10.5 Å². The Bertz CT molecular complexity index is 1070. The number of halogens is 1. The monoisotopic (exact) mass is 439 g/mol. The van der Waals surface area contributed by atoms with Crippen LogP contribution in [0.25, 0.3) is 0 Å². The van der Waals surface area contributed by atoms with Crippen LogP contribution in [0.1, 0.15) is 40.7 Å². The Balaban J connectivity index is 1.48. The van der Waals surface area contributed by atoms with Crippen LogP contribution >= 0.6 is 11.6 Å². The number of ketones is 2. The zero-order valence-electron chi connectivity index (χ0n) is 17.1. The van der Waals surface area contributed by atoms with Crippen molar-refractivity contribution in [2.75, 3.05) is 12.4 Å². The summed E-state index contributed by atoms with van der Waals surface area (Å²) < 4.78 is 0. The molecule has 160 valence electrons. The van der Waals surface area contributed by atoms with E-state index in [1.807, 2.05) is 6.07 Å². The van der Waals surface area contributed by atoms with E-state index in [-0.39, 0.29) is 29.9 Å². The summed E-state index contributed by atoms with van der Waals surface area (Å²) in [5, 5.41) is 3.39. The van der Waals surface area contributed by atoms with Crippen LogP contribution in [-0.2, 0) is 22.7 Å². The third kappa shape index (κ3) is 4.32. The number of anilines is 1. The van der Waals surface area contributed by atoms with Gasteiger partial charge in [-0.25, -0.2) is 4.79 Å². The zero-order valence-corrected chi connectivity index (χ0v) is 17.8. The summed E-state index contributed by atoms with van der Waals surface area (Å²) in [5.41, 5.74) is 2.85. The molecule has 4 rings (SSSR count). The Morgan fingerprint density at radius 1 is 1.16 bits per heavy atom. The third-order valence-electron chi connectivity index (χ3n) is 5.76. The highest BCUT2D eigenvalue weighted by atomic mass is 35.5.